The number of nitrogens with one attached hydrogen (secondary N) is 1. The number of ether oxygens (including phenoxy) is 1. The van der Waals surface area contributed by atoms with Gasteiger partial charge < -0.3 is 20.1 Å². The van der Waals surface area contributed by atoms with Crippen LogP contribution in [0.5, 0.6) is 0 Å². The fourth-order valence-electron chi connectivity index (χ4n) is 4.32. The fraction of sp³-hybridized carbons (Fsp3) is 0.423. The monoisotopic (exact) mass is 452 g/mol. The van der Waals surface area contributed by atoms with Gasteiger partial charge in [-0.05, 0) is 41.0 Å². The van der Waals surface area contributed by atoms with Crippen molar-refractivity contribution in [2.24, 2.45) is 5.41 Å². The maximum Gasteiger partial charge on any atom is 0.407 e. The van der Waals surface area contributed by atoms with Crippen LogP contribution in [0.3, 0.4) is 0 Å². The normalized spacial score (nSPS) is 13.6. The highest BCUT2D eigenvalue weighted by molar-refractivity contribution is 5.88. The van der Waals surface area contributed by atoms with Crippen LogP contribution in [0.2, 0.25) is 0 Å². The van der Waals surface area contributed by atoms with E-state index < -0.39 is 30.6 Å². The Labute approximate surface area is 194 Å². The van der Waals surface area contributed by atoms with Gasteiger partial charge in [-0.15, -0.1) is 0 Å². The number of aliphatic carboxylic acids is 1. The molecule has 0 aliphatic heterocycles. The van der Waals surface area contributed by atoms with Gasteiger partial charge in [-0.1, -0.05) is 69.3 Å². The second-order valence-corrected chi connectivity index (χ2v) is 9.53. The minimum Gasteiger partial charge on any atom is -0.480 e. The third-order valence-corrected chi connectivity index (χ3v) is 5.77. The van der Waals surface area contributed by atoms with Crippen LogP contribution in [0.15, 0.2) is 48.5 Å². The number of alkyl carbamates (subject to hydrolysis) is 1. The first-order valence-corrected chi connectivity index (χ1v) is 11.2. The first-order valence-electron chi connectivity index (χ1n) is 11.2. The molecule has 0 spiro atoms. The van der Waals surface area contributed by atoms with Crippen molar-refractivity contribution in [3.8, 4) is 11.1 Å². The number of rotatable bonds is 8. The predicted molar refractivity (Wildman–Crippen MR) is 126 cm³/mol. The van der Waals surface area contributed by atoms with E-state index in [1.54, 1.807) is 6.92 Å². The number of likely N-dealkylation sites (N-methyl/N-ethyl adjacent to an activating group) is 1. The Bertz CT molecular complexity index is 982. The number of carbonyl (C=O) groups excluding carboxylic acids is 2. The third-order valence-electron chi connectivity index (χ3n) is 5.77. The number of carboxylic acids is 1. The Hall–Kier alpha value is -3.35. The van der Waals surface area contributed by atoms with Crippen molar-refractivity contribution in [3.63, 3.8) is 0 Å². The largest absolute Gasteiger partial charge is 0.480 e. The predicted octanol–water partition coefficient (Wildman–Crippen LogP) is 4.26. The highest BCUT2D eigenvalue weighted by Gasteiger charge is 2.32. The molecule has 3 rings (SSSR count). The van der Waals surface area contributed by atoms with E-state index in [-0.39, 0.29) is 24.5 Å². The van der Waals surface area contributed by atoms with Gasteiger partial charge in [0.25, 0.3) is 0 Å². The number of fused-ring (bicyclic) bond motifs is 3. The Balaban J connectivity index is 1.72. The second-order valence-electron chi connectivity index (χ2n) is 9.53. The van der Waals surface area contributed by atoms with Crippen LogP contribution >= 0.6 is 0 Å². The molecular weight excluding hydrogens is 420 g/mol. The summed E-state index contributed by atoms with van der Waals surface area (Å²) in [7, 11) is 0. The van der Waals surface area contributed by atoms with E-state index in [1.807, 2.05) is 57.2 Å². The molecule has 2 amide bonds. The van der Waals surface area contributed by atoms with E-state index in [2.05, 4.69) is 17.4 Å². The molecule has 0 aromatic heterocycles. The molecule has 2 N–H and O–H groups in total. The van der Waals surface area contributed by atoms with Crippen LogP contribution in [-0.2, 0) is 14.3 Å². The lowest BCUT2D eigenvalue weighted by molar-refractivity contribution is -0.145. The standard InChI is InChI=1S/C26H32N2O5/c1-5-28(15-23(29)30)24(31)22(14-26(2,3)4)27-25(32)33-16-21-19-12-8-6-10-17(19)18-11-7-9-13-20(18)21/h6-13,21-22H,5,14-16H2,1-4H3,(H,27,32)(H,29,30). The molecule has 0 heterocycles. The maximum absolute atomic E-state index is 13.0. The Morgan fingerprint density at radius 3 is 2.06 bits per heavy atom. The maximum atomic E-state index is 13.0. The second kappa shape index (κ2) is 10.1. The number of amides is 2. The Kier molecular flexibility index (Phi) is 7.41. The molecule has 0 saturated heterocycles. The molecule has 2 aromatic carbocycles. The minimum atomic E-state index is -1.10. The lowest BCUT2D eigenvalue weighted by Gasteiger charge is -2.30. The third kappa shape index (κ3) is 5.92. The summed E-state index contributed by atoms with van der Waals surface area (Å²) in [6, 6.07) is 15.3. The van der Waals surface area contributed by atoms with E-state index in [0.29, 0.717) is 6.42 Å². The van der Waals surface area contributed by atoms with Gasteiger partial charge in [0, 0.05) is 12.5 Å². The van der Waals surface area contributed by atoms with Gasteiger partial charge in [-0.25, -0.2) is 4.79 Å². The van der Waals surface area contributed by atoms with Crippen LogP contribution in [0.4, 0.5) is 4.79 Å². The summed E-state index contributed by atoms with van der Waals surface area (Å²) in [6.45, 7) is 7.55. The van der Waals surface area contributed by atoms with E-state index in [9.17, 15) is 14.4 Å². The van der Waals surface area contributed by atoms with E-state index in [0.717, 1.165) is 22.3 Å². The molecule has 1 aliphatic carbocycles. The molecule has 1 unspecified atom stereocenters. The fourth-order valence-corrected chi connectivity index (χ4v) is 4.32. The summed E-state index contributed by atoms with van der Waals surface area (Å²) in [4.78, 5) is 38.1. The molecule has 0 fully saturated rings. The summed E-state index contributed by atoms with van der Waals surface area (Å²) in [6.07, 6.45) is -0.336. The van der Waals surface area contributed by atoms with Gasteiger partial charge >= 0.3 is 12.1 Å². The molecule has 7 nitrogen and oxygen atoms in total. The molecule has 0 saturated carbocycles. The smallest absolute Gasteiger partial charge is 0.407 e. The number of hydrogen-bond acceptors (Lipinski definition) is 4. The van der Waals surface area contributed by atoms with Crippen molar-refractivity contribution >= 4 is 18.0 Å². The molecule has 0 bridgehead atoms. The summed E-state index contributed by atoms with van der Waals surface area (Å²) in [5.74, 6) is -1.61. The highest BCUT2D eigenvalue weighted by Crippen LogP contribution is 2.44. The number of benzene rings is 2. The highest BCUT2D eigenvalue weighted by atomic mass is 16.5. The number of carboxylic acid groups (broad SMARTS) is 1. The van der Waals surface area contributed by atoms with Gasteiger partial charge in [0.1, 0.15) is 19.2 Å². The van der Waals surface area contributed by atoms with E-state index >= 15 is 0 Å². The number of carbonyl (C=O) groups is 3. The summed E-state index contributed by atoms with van der Waals surface area (Å²) in [5, 5.41) is 11.8. The van der Waals surface area contributed by atoms with Gasteiger partial charge in [-0.3, -0.25) is 9.59 Å². The van der Waals surface area contributed by atoms with Crippen LogP contribution in [-0.4, -0.2) is 53.7 Å². The first-order chi connectivity index (χ1) is 15.6. The van der Waals surface area contributed by atoms with Crippen LogP contribution < -0.4 is 5.32 Å². The van der Waals surface area contributed by atoms with Gasteiger partial charge in [-0.2, -0.15) is 0 Å². The summed E-state index contributed by atoms with van der Waals surface area (Å²) in [5.41, 5.74) is 4.21. The average Bonchev–Trinajstić information content (AvgIpc) is 3.08. The van der Waals surface area contributed by atoms with Crippen molar-refractivity contribution < 1.29 is 24.2 Å². The zero-order valence-electron chi connectivity index (χ0n) is 19.6. The molecule has 176 valence electrons. The SMILES string of the molecule is CCN(CC(=O)O)C(=O)C(CC(C)(C)C)NC(=O)OCC1c2ccccc2-c2ccccc21. The topological polar surface area (TPSA) is 95.9 Å². The van der Waals surface area contributed by atoms with Crippen LogP contribution in [0, 0.1) is 5.41 Å². The van der Waals surface area contributed by atoms with E-state index in [1.165, 1.54) is 4.90 Å². The lowest BCUT2D eigenvalue weighted by atomic mass is 9.87. The summed E-state index contributed by atoms with van der Waals surface area (Å²) < 4.78 is 5.59. The van der Waals surface area contributed by atoms with E-state index in [4.69, 9.17) is 9.84 Å². The Morgan fingerprint density at radius 2 is 1.58 bits per heavy atom. The van der Waals surface area contributed by atoms with Crippen LogP contribution in [0.25, 0.3) is 11.1 Å². The zero-order valence-corrected chi connectivity index (χ0v) is 19.6. The molecule has 33 heavy (non-hydrogen) atoms. The molecule has 1 atom stereocenters. The van der Waals surface area contributed by atoms with Crippen molar-refractivity contribution in [3.05, 3.63) is 59.7 Å². The quantitative estimate of drug-likeness (QED) is 0.624. The van der Waals surface area contributed by atoms with Gasteiger partial charge in [0.05, 0.1) is 0 Å². The minimum absolute atomic E-state index is 0.0842. The summed E-state index contributed by atoms with van der Waals surface area (Å²) >= 11 is 0. The first kappa shape index (κ1) is 24.3. The molecule has 7 heteroatoms. The average molecular weight is 453 g/mol. The molecular formula is C26H32N2O5. The van der Waals surface area contributed by atoms with Gasteiger partial charge in [0.15, 0.2) is 0 Å². The van der Waals surface area contributed by atoms with Crippen molar-refractivity contribution in [2.75, 3.05) is 19.7 Å². The number of hydrogen-bond donors (Lipinski definition) is 2. The number of nitrogens with zero attached hydrogens (tertiary/aromatic N) is 1. The Morgan fingerprint density at radius 1 is 1.03 bits per heavy atom. The molecule has 2 aromatic rings. The van der Waals surface area contributed by atoms with Crippen LogP contribution in [0.1, 0.15) is 51.2 Å². The van der Waals surface area contributed by atoms with Crippen molar-refractivity contribution in [2.45, 2.75) is 46.1 Å². The zero-order chi connectivity index (χ0) is 24.2. The van der Waals surface area contributed by atoms with Gasteiger partial charge in [0.2, 0.25) is 5.91 Å². The van der Waals surface area contributed by atoms with Crippen molar-refractivity contribution in [1.29, 1.82) is 0 Å². The molecule has 1 aliphatic rings. The van der Waals surface area contributed by atoms with Crippen molar-refractivity contribution in [1.82, 2.24) is 10.2 Å². The lowest BCUT2D eigenvalue weighted by Crippen LogP contribution is -2.51. The molecule has 0 radical (unpaired) electrons.